The van der Waals surface area contributed by atoms with Gasteiger partial charge in [-0.1, -0.05) is 30.4 Å². The zero-order valence-corrected chi connectivity index (χ0v) is 15.5. The number of amides is 3. The van der Waals surface area contributed by atoms with Crippen molar-refractivity contribution in [3.63, 3.8) is 0 Å². The van der Waals surface area contributed by atoms with E-state index in [4.69, 9.17) is 0 Å². The quantitative estimate of drug-likeness (QED) is 0.456. The van der Waals surface area contributed by atoms with E-state index in [9.17, 15) is 24.5 Å². The van der Waals surface area contributed by atoms with E-state index in [0.29, 0.717) is 5.69 Å². The summed E-state index contributed by atoms with van der Waals surface area (Å²) in [6.07, 6.45) is 3.76. The average molecular weight is 404 g/mol. The Morgan fingerprint density at radius 2 is 1.73 bits per heavy atom. The Bertz CT molecular complexity index is 1130. The standard InChI is InChI=1S/C21H16N4O5/c26-19-16-15-10-5-11-3-1-2-4-14(11)24(15)18(17(16)20(27)23-19)21(28)22-12-6-8-13(9-7-12)25(29)30/h1-10,15-18H,(H,22,28)(H,23,26,27)/t15-,16-,17+,18+/m1/s1. The number of nitro benzene ring substituents is 1. The monoisotopic (exact) mass is 404 g/mol. The summed E-state index contributed by atoms with van der Waals surface area (Å²) < 4.78 is 0. The highest BCUT2D eigenvalue weighted by molar-refractivity contribution is 6.12. The number of fused-ring (bicyclic) bond motifs is 5. The van der Waals surface area contributed by atoms with Gasteiger partial charge in [-0.2, -0.15) is 0 Å². The maximum atomic E-state index is 13.3. The largest absolute Gasteiger partial charge is 0.351 e. The Morgan fingerprint density at radius 3 is 2.47 bits per heavy atom. The Balaban J connectivity index is 1.52. The maximum Gasteiger partial charge on any atom is 0.269 e. The lowest BCUT2D eigenvalue weighted by Gasteiger charge is -2.35. The number of carbonyl (C=O) groups excluding carboxylic acids is 3. The van der Waals surface area contributed by atoms with Crippen LogP contribution in [0.3, 0.4) is 0 Å². The minimum absolute atomic E-state index is 0.0927. The normalized spacial score (nSPS) is 25.9. The lowest BCUT2D eigenvalue weighted by molar-refractivity contribution is -0.384. The number of anilines is 2. The second-order valence-electron chi connectivity index (χ2n) is 7.46. The van der Waals surface area contributed by atoms with Crippen molar-refractivity contribution in [2.45, 2.75) is 12.1 Å². The van der Waals surface area contributed by atoms with Gasteiger partial charge in [-0.05, 0) is 23.8 Å². The number of non-ortho nitro benzene ring substituents is 1. The van der Waals surface area contributed by atoms with Gasteiger partial charge in [0.15, 0.2) is 0 Å². The van der Waals surface area contributed by atoms with Crippen molar-refractivity contribution in [2.24, 2.45) is 11.8 Å². The van der Waals surface area contributed by atoms with Crippen molar-refractivity contribution in [1.82, 2.24) is 5.32 Å². The fourth-order valence-corrected chi connectivity index (χ4v) is 4.61. The molecule has 0 bridgehead atoms. The van der Waals surface area contributed by atoms with E-state index >= 15 is 0 Å². The smallest absolute Gasteiger partial charge is 0.269 e. The maximum absolute atomic E-state index is 13.3. The first-order valence-electron chi connectivity index (χ1n) is 9.41. The molecule has 9 heteroatoms. The molecule has 9 nitrogen and oxygen atoms in total. The van der Waals surface area contributed by atoms with E-state index in [1.165, 1.54) is 24.3 Å². The van der Waals surface area contributed by atoms with Crippen molar-refractivity contribution < 1.29 is 19.3 Å². The Kier molecular flexibility index (Phi) is 3.92. The van der Waals surface area contributed by atoms with Crippen LogP contribution < -0.4 is 15.5 Å². The molecule has 2 aromatic carbocycles. The van der Waals surface area contributed by atoms with Crippen LogP contribution in [-0.4, -0.2) is 34.7 Å². The summed E-state index contributed by atoms with van der Waals surface area (Å²) in [4.78, 5) is 50.5. The predicted octanol–water partition coefficient (Wildman–Crippen LogP) is 1.71. The topological polar surface area (TPSA) is 122 Å². The predicted molar refractivity (Wildman–Crippen MR) is 107 cm³/mol. The SMILES string of the molecule is O=C1NC(=O)[C@H]2[C@H]1[C@H]1C=Cc3ccccc3N1[C@@H]2C(=O)Nc1ccc([N+](=O)[O-])cc1. The van der Waals surface area contributed by atoms with Crippen LogP contribution in [0.15, 0.2) is 54.6 Å². The summed E-state index contributed by atoms with van der Waals surface area (Å²) >= 11 is 0. The molecule has 0 radical (unpaired) electrons. The number of nitrogens with zero attached hydrogens (tertiary/aromatic N) is 2. The lowest BCUT2D eigenvalue weighted by Crippen LogP contribution is -2.49. The van der Waals surface area contributed by atoms with E-state index in [-0.39, 0.29) is 11.6 Å². The molecular weight excluding hydrogens is 388 g/mol. The van der Waals surface area contributed by atoms with Gasteiger partial charge in [-0.25, -0.2) is 0 Å². The lowest BCUT2D eigenvalue weighted by atomic mass is 9.88. The molecule has 0 unspecified atom stereocenters. The molecule has 2 aromatic rings. The number of carbonyl (C=O) groups is 3. The summed E-state index contributed by atoms with van der Waals surface area (Å²) in [5, 5.41) is 15.9. The van der Waals surface area contributed by atoms with Crippen molar-refractivity contribution >= 4 is 40.9 Å². The highest BCUT2D eigenvalue weighted by Gasteiger charge is 2.61. The van der Waals surface area contributed by atoms with Gasteiger partial charge in [0, 0.05) is 23.5 Å². The van der Waals surface area contributed by atoms with Gasteiger partial charge >= 0.3 is 0 Å². The van der Waals surface area contributed by atoms with Crippen LogP contribution >= 0.6 is 0 Å². The zero-order valence-electron chi connectivity index (χ0n) is 15.5. The Labute approximate surface area is 170 Å². The molecule has 30 heavy (non-hydrogen) atoms. The molecule has 150 valence electrons. The van der Waals surface area contributed by atoms with Gasteiger partial charge in [0.25, 0.3) is 5.69 Å². The van der Waals surface area contributed by atoms with Gasteiger partial charge in [-0.3, -0.25) is 29.8 Å². The van der Waals surface area contributed by atoms with E-state index in [1.54, 1.807) is 0 Å². The molecule has 0 aliphatic carbocycles. The molecule has 3 amide bonds. The fraction of sp³-hybridized carbons (Fsp3) is 0.190. The molecule has 0 aromatic heterocycles. The van der Waals surface area contributed by atoms with E-state index < -0.39 is 40.7 Å². The molecular formula is C21H16N4O5. The van der Waals surface area contributed by atoms with Crippen molar-refractivity contribution in [3.8, 4) is 0 Å². The van der Waals surface area contributed by atoms with Gasteiger partial charge in [0.2, 0.25) is 17.7 Å². The van der Waals surface area contributed by atoms with Gasteiger partial charge in [0.05, 0.1) is 22.8 Å². The van der Waals surface area contributed by atoms with Gasteiger partial charge in [0.1, 0.15) is 6.04 Å². The zero-order chi connectivity index (χ0) is 21.0. The van der Waals surface area contributed by atoms with Crippen LogP contribution in [0, 0.1) is 22.0 Å². The number of rotatable bonds is 3. The van der Waals surface area contributed by atoms with E-state index in [2.05, 4.69) is 10.6 Å². The number of benzene rings is 2. The molecule has 3 heterocycles. The second-order valence-corrected chi connectivity index (χ2v) is 7.46. The first kappa shape index (κ1) is 18.0. The third kappa shape index (κ3) is 2.59. The second kappa shape index (κ2) is 6.51. The van der Waals surface area contributed by atoms with Crippen LogP contribution in [-0.2, 0) is 14.4 Å². The highest BCUT2D eigenvalue weighted by atomic mass is 16.6. The summed E-state index contributed by atoms with van der Waals surface area (Å²) in [6.45, 7) is 0. The van der Waals surface area contributed by atoms with Gasteiger partial charge in [-0.15, -0.1) is 0 Å². The summed E-state index contributed by atoms with van der Waals surface area (Å²) in [5.74, 6) is -2.77. The molecule has 3 aliphatic heterocycles. The summed E-state index contributed by atoms with van der Waals surface area (Å²) in [7, 11) is 0. The van der Waals surface area contributed by atoms with Crippen LogP contribution in [0.5, 0.6) is 0 Å². The van der Waals surface area contributed by atoms with Gasteiger partial charge < -0.3 is 10.2 Å². The number of imide groups is 1. The minimum Gasteiger partial charge on any atom is -0.351 e. The molecule has 5 rings (SSSR count). The first-order chi connectivity index (χ1) is 14.5. The fourth-order valence-electron chi connectivity index (χ4n) is 4.61. The molecule has 2 fully saturated rings. The average Bonchev–Trinajstić information content (AvgIpc) is 3.24. The molecule has 4 atom stereocenters. The number of nitrogens with one attached hydrogen (secondary N) is 2. The van der Waals surface area contributed by atoms with Crippen molar-refractivity contribution in [1.29, 1.82) is 0 Å². The third-order valence-corrected chi connectivity index (χ3v) is 5.87. The highest BCUT2D eigenvalue weighted by Crippen LogP contribution is 2.46. The molecule has 2 N–H and O–H groups in total. The number of para-hydroxylation sites is 1. The van der Waals surface area contributed by atoms with Crippen LogP contribution in [0.25, 0.3) is 6.08 Å². The Morgan fingerprint density at radius 1 is 1.03 bits per heavy atom. The summed E-state index contributed by atoms with van der Waals surface area (Å²) in [6, 6.07) is 11.6. The van der Waals surface area contributed by atoms with E-state index in [1.807, 2.05) is 41.3 Å². The van der Waals surface area contributed by atoms with E-state index in [0.717, 1.165) is 11.3 Å². The number of hydrogen-bond donors (Lipinski definition) is 2. The number of hydrogen-bond acceptors (Lipinski definition) is 6. The minimum atomic E-state index is -0.896. The Hall–Kier alpha value is -4.01. The number of nitro groups is 1. The first-order valence-corrected chi connectivity index (χ1v) is 9.41. The van der Waals surface area contributed by atoms with Crippen LogP contribution in [0.2, 0.25) is 0 Å². The van der Waals surface area contributed by atoms with Crippen LogP contribution in [0.1, 0.15) is 5.56 Å². The molecule has 3 aliphatic rings. The molecule has 2 saturated heterocycles. The van der Waals surface area contributed by atoms with Crippen molar-refractivity contribution in [2.75, 3.05) is 10.2 Å². The van der Waals surface area contributed by atoms with Crippen LogP contribution in [0.4, 0.5) is 17.1 Å². The molecule has 0 spiro atoms. The van der Waals surface area contributed by atoms with Crippen molar-refractivity contribution in [3.05, 3.63) is 70.3 Å². The summed E-state index contributed by atoms with van der Waals surface area (Å²) in [5.41, 5.74) is 1.96. The molecule has 0 saturated carbocycles. The third-order valence-electron chi connectivity index (χ3n) is 5.87.